The maximum atomic E-state index is 13.5. The first-order valence-electron chi connectivity index (χ1n) is 10.6. The molecule has 2 aromatic rings. The summed E-state index contributed by atoms with van der Waals surface area (Å²) in [5.74, 6) is 2.77. The molecule has 0 fully saturated rings. The first kappa shape index (κ1) is 20.5. The Bertz CT molecular complexity index is 1150. The van der Waals surface area contributed by atoms with E-state index in [0.717, 1.165) is 34.5 Å². The van der Waals surface area contributed by atoms with Gasteiger partial charge in [-0.25, -0.2) is 0 Å². The molecule has 0 radical (unpaired) electrons. The third-order valence-corrected chi connectivity index (χ3v) is 6.40. The van der Waals surface area contributed by atoms with Gasteiger partial charge in [0.15, 0.2) is 28.8 Å². The van der Waals surface area contributed by atoms with E-state index in [4.69, 9.17) is 23.7 Å². The summed E-state index contributed by atoms with van der Waals surface area (Å²) in [5.41, 5.74) is 4.27. The van der Waals surface area contributed by atoms with E-state index in [1.54, 1.807) is 21.3 Å². The number of Topliss-reactive ketones (excluding diaryl/α,β-unsaturated/α-hetero) is 1. The molecule has 1 aliphatic carbocycles. The molecule has 2 aliphatic heterocycles. The minimum absolute atomic E-state index is 0.122. The third-order valence-electron chi connectivity index (χ3n) is 6.40. The number of allylic oxidation sites excluding steroid dienone is 2. The zero-order valence-electron chi connectivity index (χ0n) is 19.0. The number of ether oxygens (including phenoxy) is 5. The van der Waals surface area contributed by atoms with Gasteiger partial charge in [-0.05, 0) is 29.5 Å². The van der Waals surface area contributed by atoms with E-state index in [1.807, 2.05) is 24.3 Å². The highest BCUT2D eigenvalue weighted by atomic mass is 16.7. The Morgan fingerprint density at radius 2 is 1.66 bits per heavy atom. The number of benzene rings is 2. The van der Waals surface area contributed by atoms with E-state index in [0.29, 0.717) is 35.2 Å². The number of anilines is 1. The van der Waals surface area contributed by atoms with Crippen molar-refractivity contribution in [2.75, 3.05) is 33.4 Å². The van der Waals surface area contributed by atoms with Crippen LogP contribution in [0.5, 0.6) is 28.7 Å². The van der Waals surface area contributed by atoms with Gasteiger partial charge in [-0.3, -0.25) is 4.79 Å². The standard InChI is InChI=1S/C25H27NO6/c1-25(2)10-16-22(17(27)11-25)21(13-6-7-18(28-3)24(30-5)23(13)29-4)14-8-19-20(32-12-31-19)9-15(14)26-16/h6-9,21,26H,10-12H2,1-5H3/t21-/m1/s1. The number of ketones is 1. The number of methoxy groups -OCH3 is 3. The van der Waals surface area contributed by atoms with Gasteiger partial charge in [0.2, 0.25) is 12.5 Å². The van der Waals surface area contributed by atoms with E-state index < -0.39 is 0 Å². The van der Waals surface area contributed by atoms with Gasteiger partial charge >= 0.3 is 0 Å². The molecule has 7 heteroatoms. The number of hydrogen-bond acceptors (Lipinski definition) is 7. The number of carbonyl (C=O) groups is 1. The summed E-state index contributed by atoms with van der Waals surface area (Å²) in [6, 6.07) is 7.71. The van der Waals surface area contributed by atoms with Crippen LogP contribution in [0.25, 0.3) is 0 Å². The van der Waals surface area contributed by atoms with Gasteiger partial charge in [0.05, 0.1) is 21.3 Å². The monoisotopic (exact) mass is 437 g/mol. The second kappa shape index (κ2) is 7.36. The van der Waals surface area contributed by atoms with Crippen LogP contribution in [0.4, 0.5) is 5.69 Å². The van der Waals surface area contributed by atoms with Crippen molar-refractivity contribution in [1.82, 2.24) is 0 Å². The predicted octanol–water partition coefficient (Wildman–Crippen LogP) is 4.64. The van der Waals surface area contributed by atoms with Crippen LogP contribution < -0.4 is 29.0 Å². The second-order valence-corrected chi connectivity index (χ2v) is 9.11. The molecular weight excluding hydrogens is 410 g/mol. The van der Waals surface area contributed by atoms with Crippen molar-refractivity contribution in [3.05, 3.63) is 46.7 Å². The fourth-order valence-electron chi connectivity index (χ4n) is 5.08. The topological polar surface area (TPSA) is 75.3 Å². The molecule has 3 aliphatic rings. The first-order chi connectivity index (χ1) is 15.4. The number of carbonyl (C=O) groups excluding carboxylic acids is 1. The van der Waals surface area contributed by atoms with Gasteiger partial charge in [-0.1, -0.05) is 19.9 Å². The maximum Gasteiger partial charge on any atom is 0.231 e. The summed E-state index contributed by atoms with van der Waals surface area (Å²) in [5, 5.41) is 3.53. The zero-order valence-corrected chi connectivity index (χ0v) is 19.0. The molecule has 7 nitrogen and oxygen atoms in total. The van der Waals surface area contributed by atoms with Crippen LogP contribution in [-0.2, 0) is 4.79 Å². The van der Waals surface area contributed by atoms with Crippen molar-refractivity contribution in [3.63, 3.8) is 0 Å². The molecule has 1 N–H and O–H groups in total. The number of fused-ring (bicyclic) bond motifs is 2. The Balaban J connectivity index is 1.78. The largest absolute Gasteiger partial charge is 0.493 e. The van der Waals surface area contributed by atoms with Crippen LogP contribution in [0.15, 0.2) is 35.5 Å². The molecule has 2 aromatic carbocycles. The Morgan fingerprint density at radius 1 is 0.938 bits per heavy atom. The molecule has 5 rings (SSSR count). The number of hydrogen-bond donors (Lipinski definition) is 1. The van der Waals surface area contributed by atoms with Crippen molar-refractivity contribution in [3.8, 4) is 28.7 Å². The number of rotatable bonds is 4. The second-order valence-electron chi connectivity index (χ2n) is 9.11. The molecule has 1 atom stereocenters. The highest BCUT2D eigenvalue weighted by Crippen LogP contribution is 2.55. The minimum atomic E-state index is -0.339. The molecule has 0 bridgehead atoms. The van der Waals surface area contributed by atoms with E-state index in [-0.39, 0.29) is 23.9 Å². The van der Waals surface area contributed by atoms with E-state index in [2.05, 4.69) is 19.2 Å². The van der Waals surface area contributed by atoms with Crippen LogP contribution in [0.2, 0.25) is 0 Å². The lowest BCUT2D eigenvalue weighted by Crippen LogP contribution is -2.34. The summed E-state index contributed by atoms with van der Waals surface area (Å²) in [6.45, 7) is 4.43. The summed E-state index contributed by atoms with van der Waals surface area (Å²) in [7, 11) is 4.77. The molecule has 0 saturated carbocycles. The summed E-state index contributed by atoms with van der Waals surface area (Å²) in [4.78, 5) is 13.5. The summed E-state index contributed by atoms with van der Waals surface area (Å²) >= 11 is 0. The molecule has 168 valence electrons. The molecule has 0 spiro atoms. The highest BCUT2D eigenvalue weighted by molar-refractivity contribution is 6.02. The van der Waals surface area contributed by atoms with E-state index in [9.17, 15) is 4.79 Å². The van der Waals surface area contributed by atoms with Crippen molar-refractivity contribution in [2.24, 2.45) is 5.41 Å². The van der Waals surface area contributed by atoms with E-state index >= 15 is 0 Å². The van der Waals surface area contributed by atoms with Crippen LogP contribution >= 0.6 is 0 Å². The predicted molar refractivity (Wildman–Crippen MR) is 119 cm³/mol. The maximum absolute atomic E-state index is 13.5. The van der Waals surface area contributed by atoms with E-state index in [1.165, 1.54) is 0 Å². The van der Waals surface area contributed by atoms with Gasteiger partial charge in [0.1, 0.15) is 0 Å². The van der Waals surface area contributed by atoms with Crippen LogP contribution in [0.1, 0.15) is 43.7 Å². The fourth-order valence-corrected chi connectivity index (χ4v) is 5.08. The quantitative estimate of drug-likeness (QED) is 0.747. The number of nitrogens with one attached hydrogen (secondary N) is 1. The summed E-state index contributed by atoms with van der Waals surface area (Å²) in [6.07, 6.45) is 1.26. The molecule has 0 saturated heterocycles. The Labute approximate surface area is 187 Å². The van der Waals surface area contributed by atoms with Crippen LogP contribution in [-0.4, -0.2) is 33.9 Å². The average molecular weight is 437 g/mol. The SMILES string of the molecule is COc1ccc([C@H]2C3=C(CC(C)(C)CC3=O)Nc3cc4c(cc32)OCO4)c(OC)c1OC. The molecule has 2 heterocycles. The van der Waals surface area contributed by atoms with Gasteiger partial charge in [0, 0.05) is 40.9 Å². The normalized spacial score (nSPS) is 20.3. The van der Waals surface area contributed by atoms with Crippen LogP contribution in [0, 0.1) is 5.41 Å². The average Bonchev–Trinajstić information content (AvgIpc) is 3.21. The highest BCUT2D eigenvalue weighted by Gasteiger charge is 2.42. The Morgan fingerprint density at radius 3 is 2.34 bits per heavy atom. The van der Waals surface area contributed by atoms with Crippen molar-refractivity contribution in [2.45, 2.75) is 32.6 Å². The third kappa shape index (κ3) is 3.06. The lowest BCUT2D eigenvalue weighted by atomic mass is 9.68. The van der Waals surface area contributed by atoms with Crippen molar-refractivity contribution >= 4 is 11.5 Å². The Hall–Kier alpha value is -3.35. The van der Waals surface area contributed by atoms with Crippen molar-refractivity contribution < 1.29 is 28.5 Å². The fraction of sp³-hybridized carbons (Fsp3) is 0.400. The molecule has 32 heavy (non-hydrogen) atoms. The van der Waals surface area contributed by atoms with Crippen molar-refractivity contribution in [1.29, 1.82) is 0 Å². The molecule has 0 aromatic heterocycles. The lowest BCUT2D eigenvalue weighted by molar-refractivity contribution is -0.118. The zero-order chi connectivity index (χ0) is 22.6. The smallest absolute Gasteiger partial charge is 0.231 e. The van der Waals surface area contributed by atoms with Crippen LogP contribution in [0.3, 0.4) is 0 Å². The molecule has 0 unspecified atom stereocenters. The van der Waals surface area contributed by atoms with Gasteiger partial charge in [-0.15, -0.1) is 0 Å². The lowest BCUT2D eigenvalue weighted by Gasteiger charge is -2.39. The van der Waals surface area contributed by atoms with Gasteiger partial charge < -0.3 is 29.0 Å². The molecule has 0 amide bonds. The van der Waals surface area contributed by atoms with Gasteiger partial charge in [-0.2, -0.15) is 0 Å². The first-order valence-corrected chi connectivity index (χ1v) is 10.6. The summed E-state index contributed by atoms with van der Waals surface area (Å²) < 4.78 is 28.2. The minimum Gasteiger partial charge on any atom is -0.493 e. The molecular formula is C25H27NO6. The Kier molecular flexibility index (Phi) is 4.73. The van der Waals surface area contributed by atoms with Gasteiger partial charge in [0.25, 0.3) is 0 Å².